The van der Waals surface area contributed by atoms with Crippen LogP contribution >= 0.6 is 11.6 Å². The Labute approximate surface area is 259 Å². The van der Waals surface area contributed by atoms with Crippen molar-refractivity contribution >= 4 is 47.1 Å². The fourth-order valence-corrected chi connectivity index (χ4v) is 5.54. The number of likely N-dealkylation sites (N-methyl/N-ethyl adjacent to an activating group) is 2. The molecule has 0 aromatic rings. The summed E-state index contributed by atoms with van der Waals surface area (Å²) in [5.41, 5.74) is 0. The number of cyclic esters (lactones) is 1. The van der Waals surface area contributed by atoms with E-state index < -0.39 is 71.9 Å². The molecule has 0 saturated carbocycles. The highest BCUT2D eigenvalue weighted by molar-refractivity contribution is 6.18. The molecule has 0 aliphatic carbocycles. The summed E-state index contributed by atoms with van der Waals surface area (Å²) in [6, 6.07) is -3.77. The van der Waals surface area contributed by atoms with Crippen molar-refractivity contribution in [3.8, 4) is 0 Å². The molecule has 2 heterocycles. The summed E-state index contributed by atoms with van der Waals surface area (Å²) in [5.74, 6) is -4.24. The van der Waals surface area contributed by atoms with Crippen LogP contribution in [0.2, 0.25) is 0 Å². The first kappa shape index (κ1) is 36.3. The van der Waals surface area contributed by atoms with Crippen LogP contribution < -0.4 is 10.6 Å². The number of hydrogen-bond acceptors (Lipinski definition) is 8. The molecule has 2 aliphatic rings. The Morgan fingerprint density at radius 3 is 2.23 bits per heavy atom. The first-order chi connectivity index (χ1) is 20.2. The average Bonchev–Trinajstić information content (AvgIpc) is 3.46. The molecule has 13 nitrogen and oxygen atoms in total. The van der Waals surface area contributed by atoms with Crippen molar-refractivity contribution in [2.75, 3.05) is 33.1 Å². The number of alkyl halides is 1. The van der Waals surface area contributed by atoms with E-state index in [4.69, 9.17) is 16.3 Å². The Kier molecular flexibility index (Phi) is 13.7. The number of nitrogens with one attached hydrogen (secondary N) is 2. The second-order valence-electron chi connectivity index (χ2n) is 11.9. The number of hydrogen-bond donors (Lipinski definition) is 3. The molecule has 0 spiro atoms. The SMILES string of the molecule is CC[C@H](C)[C@@H]1NC(=O)[C@@H]2CCCN2C(=O)[C@@H](C[C@H](O)CCl)OC(=O)CCNC(=O)[C@H](C)N(C)C(=O)[C@H](C(C)C)N(C)C1=O. The standard InChI is InChI=1S/C29H48ClN5O8/c1-8-17(4)23-28(41)34(7)24(16(2)3)29(42)33(6)18(5)25(38)31-12-11-22(37)43-21(14-19(36)15-30)27(40)35-13-9-10-20(35)26(39)32-23/h16-21,23-24,36H,8-15H2,1-7H3,(H,31,38)(H,32,39)/t17-,18-,19-,20-,21+,23-,24-/m0/s1. The van der Waals surface area contributed by atoms with E-state index in [2.05, 4.69) is 10.6 Å². The predicted molar refractivity (Wildman–Crippen MR) is 159 cm³/mol. The van der Waals surface area contributed by atoms with Crippen LogP contribution in [0.15, 0.2) is 0 Å². The van der Waals surface area contributed by atoms with Crippen LogP contribution in [0, 0.1) is 11.8 Å². The van der Waals surface area contributed by atoms with Crippen molar-refractivity contribution in [1.82, 2.24) is 25.3 Å². The van der Waals surface area contributed by atoms with Crippen molar-refractivity contribution in [1.29, 1.82) is 0 Å². The maximum absolute atomic E-state index is 13.9. The van der Waals surface area contributed by atoms with Crippen molar-refractivity contribution in [2.45, 2.75) is 103 Å². The molecule has 14 heteroatoms. The quantitative estimate of drug-likeness (QED) is 0.278. The van der Waals surface area contributed by atoms with Crippen LogP contribution in [0.3, 0.4) is 0 Å². The molecular formula is C29H48ClN5O8. The number of fused-ring (bicyclic) bond motifs is 1. The summed E-state index contributed by atoms with van der Waals surface area (Å²) in [5, 5.41) is 15.6. The fourth-order valence-electron chi connectivity index (χ4n) is 5.41. The van der Waals surface area contributed by atoms with Crippen molar-refractivity contribution in [3.05, 3.63) is 0 Å². The van der Waals surface area contributed by atoms with E-state index >= 15 is 0 Å². The lowest BCUT2D eigenvalue weighted by atomic mass is 9.94. The molecular weight excluding hydrogens is 582 g/mol. The number of halogens is 1. The minimum Gasteiger partial charge on any atom is -0.452 e. The molecule has 5 amide bonds. The Bertz CT molecular complexity index is 1040. The van der Waals surface area contributed by atoms with Crippen LogP contribution in [0.25, 0.3) is 0 Å². The molecule has 0 radical (unpaired) electrons. The summed E-state index contributed by atoms with van der Waals surface area (Å²) in [6.07, 6.45) is -1.72. The molecule has 2 rings (SSSR count). The second-order valence-corrected chi connectivity index (χ2v) is 12.2. The molecule has 0 bridgehead atoms. The fraction of sp³-hybridized carbons (Fsp3) is 0.793. The molecule has 0 aromatic carbocycles. The molecule has 2 fully saturated rings. The van der Waals surface area contributed by atoms with Gasteiger partial charge < -0.3 is 35.2 Å². The average molecular weight is 630 g/mol. The zero-order chi connectivity index (χ0) is 32.6. The molecule has 0 aromatic heterocycles. The molecule has 2 saturated heterocycles. The van der Waals surface area contributed by atoms with Gasteiger partial charge in [0.25, 0.3) is 5.91 Å². The topological polar surface area (TPSA) is 166 Å². The van der Waals surface area contributed by atoms with E-state index in [1.54, 1.807) is 13.8 Å². The second kappa shape index (κ2) is 16.2. The monoisotopic (exact) mass is 629 g/mol. The lowest BCUT2D eigenvalue weighted by Crippen LogP contribution is -2.60. The number of carbonyl (C=O) groups excluding carboxylic acids is 6. The van der Waals surface area contributed by atoms with E-state index in [1.807, 2.05) is 13.8 Å². The van der Waals surface area contributed by atoms with Gasteiger partial charge in [-0.1, -0.05) is 34.1 Å². The Balaban J connectivity index is 2.54. The number of carbonyl (C=O) groups is 6. The molecule has 7 atom stereocenters. The van der Waals surface area contributed by atoms with Crippen LogP contribution in [0.4, 0.5) is 0 Å². The van der Waals surface area contributed by atoms with E-state index in [-0.39, 0.29) is 43.6 Å². The van der Waals surface area contributed by atoms with Gasteiger partial charge in [0.2, 0.25) is 23.6 Å². The van der Waals surface area contributed by atoms with Crippen LogP contribution in [-0.4, -0.2) is 125 Å². The van der Waals surface area contributed by atoms with Crippen LogP contribution in [-0.2, 0) is 33.5 Å². The number of aliphatic hydroxyl groups is 1. The van der Waals surface area contributed by atoms with Crippen molar-refractivity contribution in [3.63, 3.8) is 0 Å². The third-order valence-corrected chi connectivity index (χ3v) is 8.77. The van der Waals surface area contributed by atoms with E-state index in [0.717, 1.165) is 0 Å². The van der Waals surface area contributed by atoms with Crippen LogP contribution in [0.5, 0.6) is 0 Å². The minimum absolute atomic E-state index is 0.125. The maximum Gasteiger partial charge on any atom is 0.308 e. The van der Waals surface area contributed by atoms with Crippen molar-refractivity contribution in [2.24, 2.45) is 11.8 Å². The molecule has 244 valence electrons. The smallest absolute Gasteiger partial charge is 0.308 e. The van der Waals surface area contributed by atoms with Gasteiger partial charge in [0.05, 0.1) is 12.5 Å². The van der Waals surface area contributed by atoms with Gasteiger partial charge in [-0.25, -0.2) is 0 Å². The lowest BCUT2D eigenvalue weighted by molar-refractivity contribution is -0.163. The lowest BCUT2D eigenvalue weighted by Gasteiger charge is -2.38. The molecule has 43 heavy (non-hydrogen) atoms. The highest BCUT2D eigenvalue weighted by atomic mass is 35.5. The van der Waals surface area contributed by atoms with Gasteiger partial charge >= 0.3 is 5.97 Å². The normalized spacial score (nSPS) is 28.9. The third kappa shape index (κ3) is 9.04. The Morgan fingerprint density at radius 2 is 1.65 bits per heavy atom. The van der Waals surface area contributed by atoms with E-state index in [9.17, 15) is 33.9 Å². The van der Waals surface area contributed by atoms with Gasteiger partial charge in [-0.3, -0.25) is 28.8 Å². The van der Waals surface area contributed by atoms with Gasteiger partial charge in [-0.2, -0.15) is 0 Å². The number of nitrogens with zero attached hydrogens (tertiary/aromatic N) is 3. The summed E-state index contributed by atoms with van der Waals surface area (Å²) >= 11 is 5.76. The number of aliphatic hydroxyl groups excluding tert-OH is 1. The zero-order valence-electron chi connectivity index (χ0n) is 26.3. The third-order valence-electron chi connectivity index (χ3n) is 8.41. The summed E-state index contributed by atoms with van der Waals surface area (Å²) in [7, 11) is 2.98. The van der Waals surface area contributed by atoms with Gasteiger partial charge in [0.15, 0.2) is 6.10 Å². The zero-order valence-corrected chi connectivity index (χ0v) is 27.1. The predicted octanol–water partition coefficient (Wildman–Crippen LogP) is 0.260. The largest absolute Gasteiger partial charge is 0.452 e. The summed E-state index contributed by atoms with van der Waals surface area (Å²) in [4.78, 5) is 84.3. The summed E-state index contributed by atoms with van der Waals surface area (Å²) < 4.78 is 5.44. The minimum atomic E-state index is -1.40. The Hall–Kier alpha value is -2.93. The van der Waals surface area contributed by atoms with Crippen LogP contribution in [0.1, 0.15) is 66.7 Å². The maximum atomic E-state index is 13.9. The van der Waals surface area contributed by atoms with Gasteiger partial charge in [0.1, 0.15) is 24.2 Å². The highest BCUT2D eigenvalue weighted by Gasteiger charge is 2.43. The number of rotatable bonds is 6. The number of amides is 5. The molecule has 2 aliphatic heterocycles. The number of ether oxygens (including phenoxy) is 1. The summed E-state index contributed by atoms with van der Waals surface area (Å²) in [6.45, 7) is 8.91. The number of esters is 1. The van der Waals surface area contributed by atoms with Gasteiger partial charge in [-0.05, 0) is 31.6 Å². The van der Waals surface area contributed by atoms with Crippen molar-refractivity contribution < 1.29 is 38.6 Å². The van der Waals surface area contributed by atoms with E-state index in [0.29, 0.717) is 19.3 Å². The first-order valence-electron chi connectivity index (χ1n) is 15.0. The van der Waals surface area contributed by atoms with Gasteiger partial charge in [-0.15, -0.1) is 11.6 Å². The first-order valence-corrected chi connectivity index (χ1v) is 15.5. The Morgan fingerprint density at radius 1 is 1.00 bits per heavy atom. The van der Waals surface area contributed by atoms with Gasteiger partial charge in [0, 0.05) is 39.5 Å². The highest BCUT2D eigenvalue weighted by Crippen LogP contribution is 2.23. The molecule has 3 N–H and O–H groups in total. The van der Waals surface area contributed by atoms with E-state index in [1.165, 1.54) is 35.7 Å². The molecule has 0 unspecified atom stereocenters.